The molecule has 1 aromatic rings. The first-order chi connectivity index (χ1) is 7.15. The SMILES string of the molecule is Cc1csc(NC(=O)C2CC(O)CN2)n1.Cl. The molecule has 5 nitrogen and oxygen atoms in total. The molecule has 1 fully saturated rings. The number of aryl methyl sites for hydroxylation is 1. The van der Waals surface area contributed by atoms with E-state index in [1.807, 2.05) is 12.3 Å². The highest BCUT2D eigenvalue weighted by Gasteiger charge is 2.28. The highest BCUT2D eigenvalue weighted by atomic mass is 35.5. The van der Waals surface area contributed by atoms with Crippen molar-refractivity contribution in [2.45, 2.75) is 25.5 Å². The van der Waals surface area contributed by atoms with E-state index in [9.17, 15) is 9.90 Å². The van der Waals surface area contributed by atoms with Crippen molar-refractivity contribution >= 4 is 34.8 Å². The molecule has 1 saturated heterocycles. The summed E-state index contributed by atoms with van der Waals surface area (Å²) in [5.41, 5.74) is 0.898. The topological polar surface area (TPSA) is 74.2 Å². The van der Waals surface area contributed by atoms with Gasteiger partial charge in [-0.2, -0.15) is 0 Å². The molecule has 2 heterocycles. The molecule has 7 heteroatoms. The summed E-state index contributed by atoms with van der Waals surface area (Å²) < 4.78 is 0. The van der Waals surface area contributed by atoms with E-state index in [-0.39, 0.29) is 24.4 Å². The van der Waals surface area contributed by atoms with Gasteiger partial charge in [0, 0.05) is 11.9 Å². The summed E-state index contributed by atoms with van der Waals surface area (Å²) in [5, 5.41) is 17.4. The van der Waals surface area contributed by atoms with Crippen molar-refractivity contribution in [2.24, 2.45) is 0 Å². The lowest BCUT2D eigenvalue weighted by atomic mass is 10.2. The molecular weight excluding hydrogens is 250 g/mol. The molecule has 0 bridgehead atoms. The molecule has 0 aliphatic carbocycles. The van der Waals surface area contributed by atoms with Gasteiger partial charge in [-0.3, -0.25) is 4.79 Å². The second-order valence-corrected chi connectivity index (χ2v) is 4.49. The van der Waals surface area contributed by atoms with Crippen LogP contribution in [0, 0.1) is 6.92 Å². The molecule has 0 aromatic carbocycles. The Kier molecular flexibility index (Phi) is 4.67. The fraction of sp³-hybridized carbons (Fsp3) is 0.556. The van der Waals surface area contributed by atoms with E-state index < -0.39 is 6.10 Å². The number of hydrogen-bond donors (Lipinski definition) is 3. The fourth-order valence-corrected chi connectivity index (χ4v) is 2.21. The van der Waals surface area contributed by atoms with Crippen LogP contribution in [0.2, 0.25) is 0 Å². The molecule has 1 aliphatic rings. The van der Waals surface area contributed by atoms with E-state index in [0.29, 0.717) is 18.1 Å². The predicted molar refractivity (Wildman–Crippen MR) is 65.1 cm³/mol. The molecule has 1 aromatic heterocycles. The van der Waals surface area contributed by atoms with Gasteiger partial charge in [0.2, 0.25) is 5.91 Å². The van der Waals surface area contributed by atoms with Gasteiger partial charge in [0.15, 0.2) is 5.13 Å². The molecule has 90 valence electrons. The van der Waals surface area contributed by atoms with Crippen LogP contribution < -0.4 is 10.6 Å². The smallest absolute Gasteiger partial charge is 0.243 e. The number of nitrogens with one attached hydrogen (secondary N) is 2. The summed E-state index contributed by atoms with van der Waals surface area (Å²) in [6.45, 7) is 2.36. The molecule has 2 atom stereocenters. The van der Waals surface area contributed by atoms with E-state index in [1.54, 1.807) is 0 Å². The van der Waals surface area contributed by atoms with Crippen molar-refractivity contribution in [3.05, 3.63) is 11.1 Å². The van der Waals surface area contributed by atoms with Crippen LogP contribution in [-0.2, 0) is 4.79 Å². The van der Waals surface area contributed by atoms with Gasteiger partial charge >= 0.3 is 0 Å². The minimum atomic E-state index is -0.418. The normalized spacial score (nSPS) is 23.9. The summed E-state index contributed by atoms with van der Waals surface area (Å²) in [4.78, 5) is 15.8. The zero-order valence-corrected chi connectivity index (χ0v) is 10.4. The lowest BCUT2D eigenvalue weighted by molar-refractivity contribution is -0.117. The summed E-state index contributed by atoms with van der Waals surface area (Å²) in [7, 11) is 0. The molecule has 16 heavy (non-hydrogen) atoms. The van der Waals surface area contributed by atoms with Gasteiger partial charge in [-0.05, 0) is 13.3 Å². The maximum Gasteiger partial charge on any atom is 0.243 e. The first kappa shape index (κ1) is 13.4. The average molecular weight is 264 g/mol. The van der Waals surface area contributed by atoms with Crippen molar-refractivity contribution in [1.29, 1.82) is 0 Å². The first-order valence-electron chi connectivity index (χ1n) is 4.79. The maximum absolute atomic E-state index is 11.7. The number of β-amino-alcohol motifs (C(OH)–C–C–N with tert-alkyl or cyclic N) is 1. The predicted octanol–water partition coefficient (Wildman–Crippen LogP) is 0.535. The maximum atomic E-state index is 11.7. The molecule has 3 N–H and O–H groups in total. The summed E-state index contributed by atoms with van der Waals surface area (Å²) >= 11 is 1.40. The van der Waals surface area contributed by atoms with Gasteiger partial charge in [-0.15, -0.1) is 23.7 Å². The average Bonchev–Trinajstić information content (AvgIpc) is 2.75. The summed E-state index contributed by atoms with van der Waals surface area (Å²) in [5.74, 6) is -0.124. The second-order valence-electron chi connectivity index (χ2n) is 3.63. The molecule has 0 spiro atoms. The zero-order chi connectivity index (χ0) is 10.8. The molecule has 1 aliphatic heterocycles. The van der Waals surface area contributed by atoms with Crippen LogP contribution >= 0.6 is 23.7 Å². The number of hydrogen-bond acceptors (Lipinski definition) is 5. The number of aliphatic hydroxyl groups excluding tert-OH is 1. The van der Waals surface area contributed by atoms with E-state index in [2.05, 4.69) is 15.6 Å². The number of nitrogens with zero attached hydrogens (tertiary/aromatic N) is 1. The Morgan fingerprint density at radius 1 is 1.75 bits per heavy atom. The molecule has 2 rings (SSSR count). The molecule has 2 unspecified atom stereocenters. The Morgan fingerprint density at radius 3 is 3.00 bits per heavy atom. The third-order valence-corrected chi connectivity index (χ3v) is 3.15. The van der Waals surface area contributed by atoms with Gasteiger partial charge in [0.25, 0.3) is 0 Å². The largest absolute Gasteiger partial charge is 0.392 e. The number of carbonyl (C=O) groups excluding carboxylic acids is 1. The summed E-state index contributed by atoms with van der Waals surface area (Å²) in [6.07, 6.45) is 0.0506. The van der Waals surface area contributed by atoms with Crippen LogP contribution in [0.3, 0.4) is 0 Å². The Morgan fingerprint density at radius 2 is 2.50 bits per heavy atom. The number of rotatable bonds is 2. The van der Waals surface area contributed by atoms with E-state index in [4.69, 9.17) is 0 Å². The Bertz CT molecular complexity index is 371. The Balaban J connectivity index is 0.00000128. The Labute approximate surface area is 104 Å². The van der Waals surface area contributed by atoms with Crippen LogP contribution in [-0.4, -0.2) is 34.7 Å². The minimum absolute atomic E-state index is 0. The first-order valence-corrected chi connectivity index (χ1v) is 5.67. The van der Waals surface area contributed by atoms with E-state index >= 15 is 0 Å². The third-order valence-electron chi connectivity index (χ3n) is 2.27. The van der Waals surface area contributed by atoms with E-state index in [1.165, 1.54) is 11.3 Å². The summed E-state index contributed by atoms with van der Waals surface area (Å²) in [6, 6.07) is -0.302. The molecular formula is C9H14ClN3O2S. The Hall–Kier alpha value is -0.690. The van der Waals surface area contributed by atoms with Gasteiger partial charge < -0.3 is 15.7 Å². The van der Waals surface area contributed by atoms with Crippen molar-refractivity contribution < 1.29 is 9.90 Å². The van der Waals surface area contributed by atoms with Crippen LogP contribution in [0.15, 0.2) is 5.38 Å². The van der Waals surface area contributed by atoms with E-state index in [0.717, 1.165) is 5.69 Å². The van der Waals surface area contributed by atoms with Gasteiger partial charge in [0.05, 0.1) is 17.8 Å². The van der Waals surface area contributed by atoms with Gasteiger partial charge in [0.1, 0.15) is 0 Å². The van der Waals surface area contributed by atoms with Gasteiger partial charge in [-0.1, -0.05) is 0 Å². The number of carbonyl (C=O) groups is 1. The van der Waals surface area contributed by atoms with Crippen molar-refractivity contribution in [3.8, 4) is 0 Å². The number of anilines is 1. The second kappa shape index (κ2) is 5.58. The number of amides is 1. The standard InChI is InChI=1S/C9H13N3O2S.ClH/c1-5-4-15-9(11-5)12-8(14)7-2-6(13)3-10-7;/h4,6-7,10,13H,2-3H2,1H3,(H,11,12,14);1H. The van der Waals surface area contributed by atoms with Crippen molar-refractivity contribution in [2.75, 3.05) is 11.9 Å². The minimum Gasteiger partial charge on any atom is -0.392 e. The lowest BCUT2D eigenvalue weighted by Crippen LogP contribution is -2.35. The zero-order valence-electron chi connectivity index (χ0n) is 8.77. The number of aromatic nitrogens is 1. The van der Waals surface area contributed by atoms with Crippen molar-refractivity contribution in [1.82, 2.24) is 10.3 Å². The van der Waals surface area contributed by atoms with Crippen molar-refractivity contribution in [3.63, 3.8) is 0 Å². The van der Waals surface area contributed by atoms with Crippen LogP contribution in [0.1, 0.15) is 12.1 Å². The third kappa shape index (κ3) is 3.15. The lowest BCUT2D eigenvalue weighted by Gasteiger charge is -2.08. The molecule has 0 saturated carbocycles. The molecule has 0 radical (unpaired) electrons. The number of halogens is 1. The van der Waals surface area contributed by atoms with Crippen LogP contribution in [0.4, 0.5) is 5.13 Å². The highest BCUT2D eigenvalue weighted by molar-refractivity contribution is 7.13. The highest BCUT2D eigenvalue weighted by Crippen LogP contribution is 2.16. The molecule has 1 amide bonds. The number of thiazole rings is 1. The monoisotopic (exact) mass is 263 g/mol. The fourth-order valence-electron chi connectivity index (χ4n) is 1.52. The van der Waals surface area contributed by atoms with Gasteiger partial charge in [-0.25, -0.2) is 4.98 Å². The number of aliphatic hydroxyl groups is 1. The quantitative estimate of drug-likeness (QED) is 0.728. The van der Waals surface area contributed by atoms with Crippen LogP contribution in [0.5, 0.6) is 0 Å². The van der Waals surface area contributed by atoms with Crippen LogP contribution in [0.25, 0.3) is 0 Å².